The molecule has 25 heavy (non-hydrogen) atoms. The molecule has 0 spiro atoms. The third-order valence-corrected chi connectivity index (χ3v) is 6.47. The summed E-state index contributed by atoms with van der Waals surface area (Å²) in [7, 11) is -3.74. The van der Waals surface area contributed by atoms with Gasteiger partial charge in [-0.05, 0) is 30.0 Å². The molecule has 1 saturated heterocycles. The van der Waals surface area contributed by atoms with Crippen LogP contribution in [0.5, 0.6) is 0 Å². The number of hydrogen-bond acceptors (Lipinski definition) is 5. The first-order valence-electron chi connectivity index (χ1n) is 7.63. The summed E-state index contributed by atoms with van der Waals surface area (Å²) in [5.41, 5.74) is 4.78. The Morgan fingerprint density at radius 3 is 2.56 bits per heavy atom. The number of piperidine rings is 1. The highest BCUT2D eigenvalue weighted by Crippen LogP contribution is 2.31. The molecule has 2 aromatic rings. The van der Waals surface area contributed by atoms with Gasteiger partial charge in [-0.3, -0.25) is 9.78 Å². The van der Waals surface area contributed by atoms with Gasteiger partial charge in [-0.25, -0.2) is 13.2 Å². The minimum Gasteiger partial charge on any atom is -0.327 e. The molecule has 1 aliphatic heterocycles. The van der Waals surface area contributed by atoms with Gasteiger partial charge in [0.15, 0.2) is 0 Å². The number of fused-ring (bicyclic) bond motifs is 1. The van der Waals surface area contributed by atoms with E-state index in [-0.39, 0.29) is 34.1 Å². The van der Waals surface area contributed by atoms with Gasteiger partial charge in [0.25, 0.3) is 5.56 Å². The zero-order valence-corrected chi connectivity index (χ0v) is 15.5. The van der Waals surface area contributed by atoms with E-state index in [1.165, 1.54) is 22.5 Å². The summed E-state index contributed by atoms with van der Waals surface area (Å²) >= 11 is 0. The largest absolute Gasteiger partial charge is 0.327 e. The van der Waals surface area contributed by atoms with E-state index in [1.807, 2.05) is 13.8 Å². The van der Waals surface area contributed by atoms with E-state index in [1.54, 1.807) is 0 Å². The Hall–Kier alpha value is -1.68. The molecule has 1 aromatic heterocycles. The predicted molar refractivity (Wildman–Crippen MR) is 97.6 cm³/mol. The molecule has 10 heteroatoms. The molecule has 1 fully saturated rings. The Morgan fingerprint density at radius 1 is 1.24 bits per heavy atom. The van der Waals surface area contributed by atoms with Crippen LogP contribution < -0.4 is 17.0 Å². The summed E-state index contributed by atoms with van der Waals surface area (Å²) < 4.78 is 27.2. The Labute approximate surface area is 150 Å². The first-order valence-corrected chi connectivity index (χ1v) is 9.07. The summed E-state index contributed by atoms with van der Waals surface area (Å²) in [4.78, 5) is 27.8. The van der Waals surface area contributed by atoms with Crippen LogP contribution in [-0.4, -0.2) is 41.8 Å². The van der Waals surface area contributed by atoms with E-state index >= 15 is 0 Å². The maximum absolute atomic E-state index is 12.9. The molecule has 0 saturated carbocycles. The Bertz CT molecular complexity index is 1010. The number of nitrogens with two attached hydrogens (primary N) is 1. The molecular formula is C15H21ClN4O4S. The molecular weight excluding hydrogens is 368 g/mol. The molecule has 8 nitrogen and oxygen atoms in total. The van der Waals surface area contributed by atoms with Crippen LogP contribution >= 0.6 is 12.4 Å². The number of nitrogens with one attached hydrogen (secondary N) is 2. The van der Waals surface area contributed by atoms with Crippen LogP contribution in [0, 0.1) is 5.41 Å². The molecule has 138 valence electrons. The number of nitrogens with zero attached hydrogens (tertiary/aromatic N) is 1. The lowest BCUT2D eigenvalue weighted by Gasteiger charge is -2.41. The molecule has 2 heterocycles. The lowest BCUT2D eigenvalue weighted by molar-refractivity contribution is 0.155. The number of aromatic nitrogens is 2. The van der Waals surface area contributed by atoms with Crippen molar-refractivity contribution in [2.45, 2.75) is 31.2 Å². The second kappa shape index (κ2) is 6.56. The third-order valence-electron chi connectivity index (χ3n) is 4.63. The first-order chi connectivity index (χ1) is 11.1. The van der Waals surface area contributed by atoms with Crippen LogP contribution in [0.3, 0.4) is 0 Å². The SMILES string of the molecule is CC1(C)CN(S(=O)(=O)c2ccc3[nH]c(=O)[nH]c(=O)c3c2)CCC1N.Cl. The van der Waals surface area contributed by atoms with Crippen molar-refractivity contribution in [2.24, 2.45) is 11.1 Å². The molecule has 0 radical (unpaired) electrons. The van der Waals surface area contributed by atoms with E-state index in [2.05, 4.69) is 9.97 Å². The molecule has 4 N–H and O–H groups in total. The van der Waals surface area contributed by atoms with Crippen molar-refractivity contribution in [1.29, 1.82) is 0 Å². The minimum absolute atomic E-state index is 0. The predicted octanol–water partition coefficient (Wildman–Crippen LogP) is 0.386. The van der Waals surface area contributed by atoms with Crippen molar-refractivity contribution in [3.63, 3.8) is 0 Å². The highest BCUT2D eigenvalue weighted by molar-refractivity contribution is 7.89. The fourth-order valence-corrected chi connectivity index (χ4v) is 4.64. The van der Waals surface area contributed by atoms with Crippen LogP contribution in [0.1, 0.15) is 20.3 Å². The summed E-state index contributed by atoms with van der Waals surface area (Å²) in [6, 6.07) is 4.06. The van der Waals surface area contributed by atoms with Crippen molar-refractivity contribution in [2.75, 3.05) is 13.1 Å². The number of sulfonamides is 1. The van der Waals surface area contributed by atoms with Crippen molar-refractivity contribution in [3.8, 4) is 0 Å². The zero-order valence-electron chi connectivity index (χ0n) is 13.9. The van der Waals surface area contributed by atoms with E-state index in [0.717, 1.165) is 0 Å². The highest BCUT2D eigenvalue weighted by atomic mass is 35.5. The minimum atomic E-state index is -3.74. The van der Waals surface area contributed by atoms with Crippen LogP contribution in [0.2, 0.25) is 0 Å². The van der Waals surface area contributed by atoms with Gasteiger partial charge < -0.3 is 10.7 Å². The lowest BCUT2D eigenvalue weighted by atomic mass is 9.81. The fourth-order valence-electron chi connectivity index (χ4n) is 2.98. The third kappa shape index (κ3) is 3.50. The van der Waals surface area contributed by atoms with Crippen molar-refractivity contribution < 1.29 is 8.42 Å². The second-order valence-electron chi connectivity index (χ2n) is 6.84. The van der Waals surface area contributed by atoms with Gasteiger partial charge in [0.2, 0.25) is 10.0 Å². The van der Waals surface area contributed by atoms with Gasteiger partial charge >= 0.3 is 5.69 Å². The van der Waals surface area contributed by atoms with E-state index in [9.17, 15) is 18.0 Å². The Morgan fingerprint density at radius 2 is 1.92 bits per heavy atom. The number of aromatic amines is 2. The second-order valence-corrected chi connectivity index (χ2v) is 8.78. The maximum atomic E-state index is 12.9. The molecule has 1 aromatic carbocycles. The van der Waals surface area contributed by atoms with Crippen LogP contribution in [-0.2, 0) is 10.0 Å². The Kier molecular flexibility index (Phi) is 5.16. The van der Waals surface area contributed by atoms with Crippen LogP contribution in [0.25, 0.3) is 10.9 Å². The lowest BCUT2D eigenvalue weighted by Crippen LogP contribution is -2.53. The van der Waals surface area contributed by atoms with E-state index < -0.39 is 21.3 Å². The Balaban J connectivity index is 0.00000225. The van der Waals surface area contributed by atoms with Gasteiger partial charge in [0, 0.05) is 19.1 Å². The number of benzene rings is 1. The van der Waals surface area contributed by atoms with Gasteiger partial charge in [0.05, 0.1) is 15.8 Å². The molecule has 1 aliphatic rings. The number of hydrogen-bond donors (Lipinski definition) is 3. The molecule has 0 amide bonds. The monoisotopic (exact) mass is 388 g/mol. The fraction of sp³-hybridized carbons (Fsp3) is 0.467. The molecule has 1 unspecified atom stereocenters. The van der Waals surface area contributed by atoms with Gasteiger partial charge in [-0.1, -0.05) is 13.8 Å². The van der Waals surface area contributed by atoms with Crippen molar-refractivity contribution >= 4 is 33.3 Å². The summed E-state index contributed by atoms with van der Waals surface area (Å²) in [5.74, 6) is 0. The average molecular weight is 389 g/mol. The average Bonchev–Trinajstić information content (AvgIpc) is 2.49. The van der Waals surface area contributed by atoms with Crippen molar-refractivity contribution in [3.05, 3.63) is 39.0 Å². The highest BCUT2D eigenvalue weighted by Gasteiger charge is 2.38. The topological polar surface area (TPSA) is 129 Å². The number of rotatable bonds is 2. The van der Waals surface area contributed by atoms with Crippen molar-refractivity contribution in [1.82, 2.24) is 14.3 Å². The van der Waals surface area contributed by atoms with Gasteiger partial charge in [-0.2, -0.15) is 4.31 Å². The summed E-state index contributed by atoms with van der Waals surface area (Å²) in [6.07, 6.45) is 0.577. The number of H-pyrrole nitrogens is 2. The smallest absolute Gasteiger partial charge is 0.326 e. The van der Waals surface area contributed by atoms with E-state index in [0.29, 0.717) is 25.0 Å². The summed E-state index contributed by atoms with van der Waals surface area (Å²) in [6.45, 7) is 4.54. The zero-order chi connectivity index (χ0) is 17.7. The van der Waals surface area contributed by atoms with Gasteiger partial charge in [-0.15, -0.1) is 12.4 Å². The van der Waals surface area contributed by atoms with Crippen LogP contribution in [0.4, 0.5) is 0 Å². The first kappa shape index (κ1) is 19.6. The molecule has 0 aliphatic carbocycles. The summed E-state index contributed by atoms with van der Waals surface area (Å²) in [5, 5.41) is 0.128. The molecule has 1 atom stereocenters. The maximum Gasteiger partial charge on any atom is 0.326 e. The molecule has 3 rings (SSSR count). The van der Waals surface area contributed by atoms with E-state index in [4.69, 9.17) is 5.73 Å². The normalized spacial score (nSPS) is 21.0. The quantitative estimate of drug-likeness (QED) is 0.685. The molecule has 0 bridgehead atoms. The standard InChI is InChI=1S/C15H20N4O4S.ClH/c1-15(2)8-19(6-5-12(15)16)24(22,23)9-3-4-11-10(7-9)13(20)18-14(21)17-11;/h3-4,7,12H,5-6,8,16H2,1-2H3,(H2,17,18,20,21);1H. The van der Waals surface area contributed by atoms with Gasteiger partial charge in [0.1, 0.15) is 0 Å². The number of halogens is 1. The van der Waals surface area contributed by atoms with Crippen LogP contribution in [0.15, 0.2) is 32.7 Å².